The van der Waals surface area contributed by atoms with Crippen LogP contribution in [0.15, 0.2) is 18.6 Å². The van der Waals surface area contributed by atoms with Crippen molar-refractivity contribution in [2.75, 3.05) is 59.0 Å². The first-order chi connectivity index (χ1) is 30.3. The zero-order chi connectivity index (χ0) is 45.8. The molecule has 0 aromatic carbocycles. The molecule has 22 nitrogen and oxygen atoms in total. The van der Waals surface area contributed by atoms with Gasteiger partial charge in [0.1, 0.15) is 61.2 Å². The summed E-state index contributed by atoms with van der Waals surface area (Å²) in [6, 6.07) is 2.54. The standard InChI is InChI=1S/C41H62N8O14/c1-23-13-17-48(28(52)12-15-42)20-26(23)47(3)36-25-14-18-49(37(25)45-22-44-36)41(57)60-19-11-9-7-6-8-10-16-43-38(56)35-34(58-4)31(54)32(55)40(63-35)62-33-29(46-24(2)51)39(59-5)61-27(21-50)30(33)53/h14,18,22-23,26-27,29-35,39-40,50,53-55H,6-13,16-17,19-21H2,1-5H3,(H,43,56)(H,46,51)/t23-,26+,27?,29?,30-,31?,32?,33?,34+,35?,39-,40-/m1/s1. The third kappa shape index (κ3) is 12.0. The first-order valence-electron chi connectivity index (χ1n) is 21.3. The number of aliphatic hydroxyl groups is 4. The largest absolute Gasteiger partial charge is 0.449 e. The highest BCUT2D eigenvalue weighted by Gasteiger charge is 2.53. The number of methoxy groups -OCH3 is 2. The van der Waals surface area contributed by atoms with Gasteiger partial charge in [0, 0.05) is 54.0 Å². The average molecular weight is 891 g/mol. The van der Waals surface area contributed by atoms with E-state index in [4.69, 9.17) is 33.7 Å². The van der Waals surface area contributed by atoms with Gasteiger partial charge in [-0.25, -0.2) is 19.3 Å². The number of aliphatic hydroxyl groups excluding tert-OH is 4. The predicted octanol–water partition coefficient (Wildman–Crippen LogP) is -0.464. The number of ether oxygens (including phenoxy) is 6. The lowest BCUT2D eigenvalue weighted by Crippen LogP contribution is -2.68. The van der Waals surface area contributed by atoms with Crippen molar-refractivity contribution in [2.45, 2.75) is 133 Å². The quantitative estimate of drug-likeness (QED) is 0.0973. The Balaban J connectivity index is 1.03. The van der Waals surface area contributed by atoms with E-state index in [2.05, 4.69) is 27.5 Å². The number of carbonyl (C=O) groups excluding carboxylic acids is 4. The van der Waals surface area contributed by atoms with Crippen molar-refractivity contribution in [3.05, 3.63) is 18.6 Å². The summed E-state index contributed by atoms with van der Waals surface area (Å²) in [5.74, 6) is -0.442. The topological polar surface area (TPSA) is 290 Å². The minimum Gasteiger partial charge on any atom is -0.449 e. The summed E-state index contributed by atoms with van der Waals surface area (Å²) >= 11 is 0. The van der Waals surface area contributed by atoms with E-state index in [1.165, 1.54) is 32.0 Å². The number of likely N-dealkylation sites (tertiary alicyclic amines) is 1. The van der Waals surface area contributed by atoms with Crippen molar-refractivity contribution in [1.82, 2.24) is 30.1 Å². The molecule has 5 rings (SSSR count). The highest BCUT2D eigenvalue weighted by Crippen LogP contribution is 2.32. The van der Waals surface area contributed by atoms with Crippen LogP contribution in [0, 0.1) is 17.2 Å². The zero-order valence-corrected chi connectivity index (χ0v) is 36.4. The van der Waals surface area contributed by atoms with Gasteiger partial charge in [0.15, 0.2) is 24.3 Å². The molecule has 350 valence electrons. The van der Waals surface area contributed by atoms with Crippen LogP contribution in [0.25, 0.3) is 11.0 Å². The molecule has 2 aromatic rings. The molecule has 3 aliphatic rings. The van der Waals surface area contributed by atoms with Crippen molar-refractivity contribution in [1.29, 1.82) is 5.26 Å². The molecule has 5 heterocycles. The van der Waals surface area contributed by atoms with Gasteiger partial charge in [-0.1, -0.05) is 32.6 Å². The van der Waals surface area contributed by atoms with Gasteiger partial charge in [-0.3, -0.25) is 14.4 Å². The SMILES string of the molecule is CO[C@@H]1OC(CO)[C@@H](O)C(O[C@@H]2OC(C(=O)NCCCCCCCCOC(=O)n3ccc4c(N(C)[C@H]5CN(C(=O)CC#N)CC[C@H]5C)ncnc43)[C@@H](OC)C(O)C2O)C1NC(C)=O. The van der Waals surface area contributed by atoms with Gasteiger partial charge in [-0.15, -0.1) is 0 Å². The number of fused-ring (bicyclic) bond motifs is 1. The summed E-state index contributed by atoms with van der Waals surface area (Å²) in [7, 11) is 4.45. The van der Waals surface area contributed by atoms with Crippen LogP contribution in [0.2, 0.25) is 0 Å². The normalized spacial score (nSPS) is 29.7. The van der Waals surface area contributed by atoms with Gasteiger partial charge >= 0.3 is 6.09 Å². The highest BCUT2D eigenvalue weighted by molar-refractivity contribution is 5.93. The van der Waals surface area contributed by atoms with Crippen LogP contribution in [0.4, 0.5) is 10.6 Å². The van der Waals surface area contributed by atoms with Crippen LogP contribution in [0.3, 0.4) is 0 Å². The third-order valence-corrected chi connectivity index (χ3v) is 11.9. The lowest BCUT2D eigenvalue weighted by molar-refractivity contribution is -0.338. The Morgan fingerprint density at radius 2 is 1.71 bits per heavy atom. The minimum absolute atomic E-state index is 0.0466. The summed E-state index contributed by atoms with van der Waals surface area (Å²) in [5, 5.41) is 57.5. The number of hydrogen-bond donors (Lipinski definition) is 6. The average Bonchev–Trinajstić information content (AvgIpc) is 3.71. The summed E-state index contributed by atoms with van der Waals surface area (Å²) in [5.41, 5.74) is 0.406. The fourth-order valence-electron chi connectivity index (χ4n) is 8.36. The van der Waals surface area contributed by atoms with Gasteiger partial charge in [0.25, 0.3) is 5.91 Å². The van der Waals surface area contributed by atoms with E-state index < -0.39 is 85.9 Å². The maximum Gasteiger partial charge on any atom is 0.419 e. The van der Waals surface area contributed by atoms with Crippen molar-refractivity contribution in [3.63, 3.8) is 0 Å². The molecule has 0 saturated carbocycles. The van der Waals surface area contributed by atoms with E-state index in [0.29, 0.717) is 42.8 Å². The fraction of sp³-hybridized carbons (Fsp3) is 0.732. The second kappa shape index (κ2) is 23.4. The maximum atomic E-state index is 13.3. The Hall–Kier alpha value is -4.57. The second-order valence-electron chi connectivity index (χ2n) is 16.2. The van der Waals surface area contributed by atoms with E-state index in [1.807, 2.05) is 18.0 Å². The number of carbonyl (C=O) groups is 4. The third-order valence-electron chi connectivity index (χ3n) is 11.9. The number of amides is 3. The van der Waals surface area contributed by atoms with Gasteiger partial charge in [0.2, 0.25) is 11.8 Å². The number of anilines is 1. The van der Waals surface area contributed by atoms with E-state index in [1.54, 1.807) is 17.2 Å². The van der Waals surface area contributed by atoms with Crippen molar-refractivity contribution >= 4 is 40.7 Å². The smallest absolute Gasteiger partial charge is 0.419 e. The number of rotatable bonds is 19. The van der Waals surface area contributed by atoms with Crippen LogP contribution >= 0.6 is 0 Å². The molecule has 22 heteroatoms. The van der Waals surface area contributed by atoms with E-state index in [0.717, 1.165) is 32.1 Å². The molecule has 0 bridgehead atoms. The van der Waals surface area contributed by atoms with Crippen molar-refractivity contribution < 1.29 is 68.0 Å². The molecule has 6 N–H and O–H groups in total. The Morgan fingerprint density at radius 1 is 0.984 bits per heavy atom. The van der Waals surface area contributed by atoms with Gasteiger partial charge in [-0.05, 0) is 31.2 Å². The van der Waals surface area contributed by atoms with Crippen LogP contribution < -0.4 is 15.5 Å². The Morgan fingerprint density at radius 3 is 2.40 bits per heavy atom. The summed E-state index contributed by atoms with van der Waals surface area (Å²) in [6.07, 6.45) is -5.31. The molecule has 6 unspecified atom stereocenters. The van der Waals surface area contributed by atoms with Crippen LogP contribution in [-0.4, -0.2) is 185 Å². The monoisotopic (exact) mass is 890 g/mol. The van der Waals surface area contributed by atoms with E-state index in [9.17, 15) is 39.6 Å². The Kier molecular flexibility index (Phi) is 18.4. The molecule has 3 amide bonds. The lowest BCUT2D eigenvalue weighted by Gasteiger charge is -2.47. The van der Waals surface area contributed by atoms with E-state index >= 15 is 0 Å². The molecular formula is C41H62N8O14. The molecule has 12 atom stereocenters. The van der Waals surface area contributed by atoms with Crippen molar-refractivity contribution in [2.24, 2.45) is 5.92 Å². The lowest BCUT2D eigenvalue weighted by atomic mass is 9.92. The summed E-state index contributed by atoms with van der Waals surface area (Å²) in [6.45, 7) is 4.28. The first kappa shape index (κ1) is 49.4. The summed E-state index contributed by atoms with van der Waals surface area (Å²) in [4.78, 5) is 63.4. The van der Waals surface area contributed by atoms with Crippen LogP contribution in [-0.2, 0) is 42.8 Å². The van der Waals surface area contributed by atoms with Crippen molar-refractivity contribution in [3.8, 4) is 6.07 Å². The van der Waals surface area contributed by atoms with Gasteiger partial charge < -0.3 is 69.3 Å². The number of nitrogens with one attached hydrogen (secondary N) is 2. The Bertz CT molecular complexity index is 1880. The number of nitrogens with zero attached hydrogens (tertiary/aromatic N) is 6. The number of unbranched alkanes of at least 4 members (excludes halogenated alkanes) is 5. The number of aromatic nitrogens is 3. The molecule has 0 radical (unpaired) electrons. The van der Waals surface area contributed by atoms with Gasteiger partial charge in [0.05, 0.1) is 30.7 Å². The molecule has 0 aliphatic carbocycles. The molecule has 0 spiro atoms. The van der Waals surface area contributed by atoms with Crippen LogP contribution in [0.1, 0.15) is 65.2 Å². The molecule has 3 fully saturated rings. The van der Waals surface area contributed by atoms with E-state index in [-0.39, 0.29) is 37.4 Å². The predicted molar refractivity (Wildman–Crippen MR) is 220 cm³/mol. The van der Waals surface area contributed by atoms with Gasteiger partial charge in [-0.2, -0.15) is 5.26 Å². The molecule has 3 saturated heterocycles. The second-order valence-corrected chi connectivity index (χ2v) is 16.2. The minimum atomic E-state index is -1.73. The molecular weight excluding hydrogens is 828 g/mol. The fourth-order valence-corrected chi connectivity index (χ4v) is 8.36. The van der Waals surface area contributed by atoms with Crippen LogP contribution in [0.5, 0.6) is 0 Å². The summed E-state index contributed by atoms with van der Waals surface area (Å²) < 4.78 is 34.8. The Labute approximate surface area is 365 Å². The molecule has 63 heavy (non-hydrogen) atoms. The number of nitriles is 1. The number of piperidine rings is 1. The number of likely N-dealkylation sites (N-methyl/N-ethyl adjacent to an activating group) is 1. The molecule has 3 aliphatic heterocycles. The molecule has 2 aromatic heterocycles. The highest BCUT2D eigenvalue weighted by atomic mass is 16.7. The maximum absolute atomic E-state index is 13.3. The zero-order valence-electron chi connectivity index (χ0n) is 36.4. The first-order valence-corrected chi connectivity index (χ1v) is 21.3. The number of hydrogen-bond acceptors (Lipinski definition) is 18.